The summed E-state index contributed by atoms with van der Waals surface area (Å²) in [6.45, 7) is 6.48. The van der Waals surface area contributed by atoms with Crippen LogP contribution in [0.25, 0.3) is 11.3 Å². The lowest BCUT2D eigenvalue weighted by Gasteiger charge is -2.36. The smallest absolute Gasteiger partial charge is 0.323 e. The number of nitrogens with two attached hydrogens (primary N) is 1. The number of anilines is 2. The summed E-state index contributed by atoms with van der Waals surface area (Å²) in [6, 6.07) is 11.9. The summed E-state index contributed by atoms with van der Waals surface area (Å²) in [4.78, 5) is 36.4. The maximum atomic E-state index is 13.3. The van der Waals surface area contributed by atoms with Crippen LogP contribution in [0.2, 0.25) is 10.0 Å². The second kappa shape index (κ2) is 12.4. The molecule has 1 aliphatic rings. The van der Waals surface area contributed by atoms with Crippen LogP contribution in [0.4, 0.5) is 11.6 Å². The number of hydrogen-bond donors (Lipinski definition) is 3. The Hall–Kier alpha value is -3.40. The summed E-state index contributed by atoms with van der Waals surface area (Å²) in [5, 5.41) is 7.45. The number of piperidine rings is 1. The Morgan fingerprint density at radius 2 is 1.82 bits per heavy atom. The molecule has 1 aliphatic heterocycles. The largest absolute Gasteiger partial charge is 0.459 e. The predicted molar refractivity (Wildman–Crippen MR) is 158 cm³/mol. The van der Waals surface area contributed by atoms with E-state index in [9.17, 15) is 9.59 Å². The molecule has 0 saturated carbocycles. The third kappa shape index (κ3) is 7.21. The summed E-state index contributed by atoms with van der Waals surface area (Å²) in [5.41, 5.74) is 8.12. The lowest BCUT2D eigenvalue weighted by Crippen LogP contribution is -2.52. The van der Waals surface area contributed by atoms with Gasteiger partial charge in [0.1, 0.15) is 11.6 Å². The van der Waals surface area contributed by atoms with Crippen molar-refractivity contribution >= 4 is 46.7 Å². The molecule has 11 heteroatoms. The molecule has 1 unspecified atom stereocenters. The van der Waals surface area contributed by atoms with E-state index in [0.717, 1.165) is 17.5 Å². The standard InChI is InChI=1S/C29H34Cl2N6O3/c1-29(2,3)40-28(39)23-14-19(12-13-33-23)37(4)27(38)18-10-8-17(9-11-18)24-16-34-25(32)26(36-24)35-15-20-21(30)6-5-7-22(20)31/h5-11,16,19,23,33H,12-15H2,1-4H3,(H2,32,34)(H,35,36)/t19?,23-/m1/s1. The van der Waals surface area contributed by atoms with Crippen molar-refractivity contribution in [3.05, 3.63) is 69.8 Å². The molecule has 2 heterocycles. The fourth-order valence-corrected chi connectivity index (χ4v) is 5.03. The predicted octanol–water partition coefficient (Wildman–Crippen LogP) is 5.18. The summed E-state index contributed by atoms with van der Waals surface area (Å²) >= 11 is 12.5. The van der Waals surface area contributed by atoms with Crippen LogP contribution in [-0.2, 0) is 16.1 Å². The van der Waals surface area contributed by atoms with Crippen molar-refractivity contribution in [1.29, 1.82) is 0 Å². The van der Waals surface area contributed by atoms with Gasteiger partial charge in [-0.05, 0) is 64.4 Å². The first kappa shape index (κ1) is 29.6. The lowest BCUT2D eigenvalue weighted by molar-refractivity contribution is -0.158. The maximum absolute atomic E-state index is 13.3. The highest BCUT2D eigenvalue weighted by atomic mass is 35.5. The van der Waals surface area contributed by atoms with Crippen molar-refractivity contribution in [1.82, 2.24) is 20.2 Å². The Bertz CT molecular complexity index is 1360. The summed E-state index contributed by atoms with van der Waals surface area (Å²) in [6.07, 6.45) is 2.82. The Morgan fingerprint density at radius 3 is 2.48 bits per heavy atom. The van der Waals surface area contributed by atoms with Crippen molar-refractivity contribution in [2.75, 3.05) is 24.6 Å². The number of nitrogen functional groups attached to an aromatic ring is 1. The number of aromatic nitrogens is 2. The number of rotatable bonds is 7. The number of halogens is 2. The third-order valence-corrected chi connectivity index (χ3v) is 7.37. The molecule has 1 saturated heterocycles. The van der Waals surface area contributed by atoms with Gasteiger partial charge in [-0.15, -0.1) is 0 Å². The molecular weight excluding hydrogens is 551 g/mol. The number of hydrogen-bond acceptors (Lipinski definition) is 8. The molecule has 1 aromatic heterocycles. The molecule has 2 atom stereocenters. The van der Waals surface area contributed by atoms with Crippen LogP contribution in [0, 0.1) is 0 Å². The van der Waals surface area contributed by atoms with E-state index in [0.29, 0.717) is 46.6 Å². The van der Waals surface area contributed by atoms with Crippen LogP contribution in [0.5, 0.6) is 0 Å². The average molecular weight is 586 g/mol. The number of amides is 1. The van der Waals surface area contributed by atoms with Crippen molar-refractivity contribution < 1.29 is 14.3 Å². The van der Waals surface area contributed by atoms with E-state index in [-0.39, 0.29) is 23.7 Å². The fraction of sp³-hybridized carbons (Fsp3) is 0.379. The van der Waals surface area contributed by atoms with Crippen LogP contribution >= 0.6 is 23.2 Å². The van der Waals surface area contributed by atoms with Crippen molar-refractivity contribution in [2.24, 2.45) is 0 Å². The highest BCUT2D eigenvalue weighted by Crippen LogP contribution is 2.27. The summed E-state index contributed by atoms with van der Waals surface area (Å²) in [5.74, 6) is 0.227. The van der Waals surface area contributed by atoms with Crippen LogP contribution in [-0.4, -0.2) is 58.0 Å². The molecule has 2 aromatic carbocycles. The van der Waals surface area contributed by atoms with E-state index in [1.165, 1.54) is 0 Å². The number of nitrogens with one attached hydrogen (secondary N) is 2. The van der Waals surface area contributed by atoms with Crippen LogP contribution < -0.4 is 16.4 Å². The van der Waals surface area contributed by atoms with Crippen LogP contribution in [0.3, 0.4) is 0 Å². The first-order valence-electron chi connectivity index (χ1n) is 13.1. The molecular formula is C29H34Cl2N6O3. The van der Waals surface area contributed by atoms with Gasteiger partial charge < -0.3 is 26.0 Å². The van der Waals surface area contributed by atoms with E-state index in [2.05, 4.69) is 20.6 Å². The first-order chi connectivity index (χ1) is 18.9. The van der Waals surface area contributed by atoms with Crippen molar-refractivity contribution in [3.63, 3.8) is 0 Å². The molecule has 0 spiro atoms. The molecule has 9 nitrogen and oxygen atoms in total. The minimum Gasteiger partial charge on any atom is -0.459 e. The second-order valence-corrected chi connectivity index (χ2v) is 11.6. The zero-order chi connectivity index (χ0) is 29.0. The maximum Gasteiger partial charge on any atom is 0.323 e. The normalized spacial score (nSPS) is 17.2. The van der Waals surface area contributed by atoms with Crippen molar-refractivity contribution in [2.45, 2.75) is 57.8 Å². The van der Waals surface area contributed by atoms with Crippen molar-refractivity contribution in [3.8, 4) is 11.3 Å². The van der Waals surface area contributed by atoms with Crippen LogP contribution in [0.1, 0.15) is 49.5 Å². The molecule has 0 radical (unpaired) electrons. The van der Waals surface area contributed by atoms with Gasteiger partial charge in [0.25, 0.3) is 5.91 Å². The summed E-state index contributed by atoms with van der Waals surface area (Å²) < 4.78 is 5.53. The van der Waals surface area contributed by atoms with Gasteiger partial charge in [-0.2, -0.15) is 0 Å². The molecule has 40 heavy (non-hydrogen) atoms. The highest BCUT2D eigenvalue weighted by molar-refractivity contribution is 6.36. The average Bonchev–Trinajstić information content (AvgIpc) is 2.92. The molecule has 1 fully saturated rings. The second-order valence-electron chi connectivity index (χ2n) is 10.8. The van der Waals surface area contributed by atoms with E-state index in [1.54, 1.807) is 48.5 Å². The van der Waals surface area contributed by atoms with Gasteiger partial charge in [0.05, 0.1) is 11.9 Å². The number of nitrogens with zero attached hydrogens (tertiary/aromatic N) is 3. The Morgan fingerprint density at radius 1 is 1.15 bits per heavy atom. The molecule has 212 valence electrons. The Balaban J connectivity index is 1.43. The van der Waals surface area contributed by atoms with Gasteiger partial charge in [0.15, 0.2) is 11.6 Å². The van der Waals surface area contributed by atoms with Gasteiger partial charge in [-0.3, -0.25) is 9.59 Å². The molecule has 1 amide bonds. The van der Waals surface area contributed by atoms with Gasteiger partial charge in [0, 0.05) is 46.4 Å². The quantitative estimate of drug-likeness (QED) is 0.325. The van der Waals surface area contributed by atoms with E-state index in [1.807, 2.05) is 32.9 Å². The van der Waals surface area contributed by atoms with Gasteiger partial charge in [0.2, 0.25) is 0 Å². The minimum atomic E-state index is -0.565. The molecule has 4 N–H and O–H groups in total. The number of esters is 1. The molecule has 4 rings (SSSR count). The van der Waals surface area contributed by atoms with E-state index >= 15 is 0 Å². The lowest BCUT2D eigenvalue weighted by atomic mass is 9.97. The Kier molecular flexibility index (Phi) is 9.18. The summed E-state index contributed by atoms with van der Waals surface area (Å²) in [7, 11) is 1.77. The SMILES string of the molecule is CN(C(=O)c1ccc(-c2cnc(N)c(NCc3c(Cl)cccc3Cl)n2)cc1)C1CCN[C@@H](C(=O)OC(C)(C)C)C1. The third-order valence-electron chi connectivity index (χ3n) is 6.66. The number of carbonyl (C=O) groups is 2. The zero-order valence-electron chi connectivity index (χ0n) is 23.0. The van der Waals surface area contributed by atoms with Gasteiger partial charge in [-0.1, -0.05) is 41.4 Å². The van der Waals surface area contributed by atoms with E-state index in [4.69, 9.17) is 33.7 Å². The van der Waals surface area contributed by atoms with Gasteiger partial charge >= 0.3 is 5.97 Å². The highest BCUT2D eigenvalue weighted by Gasteiger charge is 2.33. The Labute approximate surface area is 244 Å². The van der Waals surface area contributed by atoms with Crippen LogP contribution in [0.15, 0.2) is 48.7 Å². The monoisotopic (exact) mass is 584 g/mol. The zero-order valence-corrected chi connectivity index (χ0v) is 24.5. The topological polar surface area (TPSA) is 122 Å². The molecule has 3 aromatic rings. The number of ether oxygens (including phenoxy) is 1. The molecule has 0 bridgehead atoms. The number of benzene rings is 2. The minimum absolute atomic E-state index is 0.0887. The first-order valence-corrected chi connectivity index (χ1v) is 13.8. The fourth-order valence-electron chi connectivity index (χ4n) is 4.50. The van der Waals surface area contributed by atoms with E-state index < -0.39 is 11.6 Å². The van der Waals surface area contributed by atoms with Gasteiger partial charge in [-0.25, -0.2) is 9.97 Å². The number of carbonyl (C=O) groups excluding carboxylic acids is 2. The molecule has 0 aliphatic carbocycles.